The molecule has 0 fully saturated rings. The molecular weight excluding hydrogens is 198 g/mol. The van der Waals surface area contributed by atoms with Crippen LogP contribution in [0.2, 0.25) is 0 Å². The summed E-state index contributed by atoms with van der Waals surface area (Å²) in [5.74, 6) is 1.15. The molecular formula is C10H11NS2. The van der Waals surface area contributed by atoms with Gasteiger partial charge in [0.2, 0.25) is 0 Å². The lowest BCUT2D eigenvalue weighted by molar-refractivity contribution is 1.34. The van der Waals surface area contributed by atoms with E-state index in [4.69, 9.17) is 0 Å². The molecule has 0 atom stereocenters. The molecule has 0 aromatic heterocycles. The van der Waals surface area contributed by atoms with Crippen molar-refractivity contribution in [2.24, 2.45) is 4.99 Å². The van der Waals surface area contributed by atoms with Crippen LogP contribution in [0.4, 0.5) is 5.69 Å². The maximum atomic E-state index is 4.62. The maximum Gasteiger partial charge on any atom is 0.0775 e. The SMILES string of the molecule is CSC1=Nc2ccccc2SCC1. The van der Waals surface area contributed by atoms with Gasteiger partial charge < -0.3 is 0 Å². The molecule has 0 saturated heterocycles. The quantitative estimate of drug-likeness (QED) is 0.647. The van der Waals surface area contributed by atoms with Gasteiger partial charge in [0.15, 0.2) is 0 Å². The van der Waals surface area contributed by atoms with Crippen molar-refractivity contribution in [1.29, 1.82) is 0 Å². The second-order valence-corrected chi connectivity index (χ2v) is 4.79. The second kappa shape index (κ2) is 4.20. The van der Waals surface area contributed by atoms with E-state index in [-0.39, 0.29) is 0 Å². The Labute approximate surface area is 87.0 Å². The van der Waals surface area contributed by atoms with E-state index in [1.54, 1.807) is 11.8 Å². The van der Waals surface area contributed by atoms with Gasteiger partial charge in [0, 0.05) is 17.1 Å². The number of nitrogens with zero attached hydrogens (tertiary/aromatic N) is 1. The Morgan fingerprint density at radius 2 is 2.23 bits per heavy atom. The van der Waals surface area contributed by atoms with E-state index in [1.807, 2.05) is 17.8 Å². The van der Waals surface area contributed by atoms with E-state index in [0.717, 1.165) is 17.9 Å². The summed E-state index contributed by atoms with van der Waals surface area (Å²) in [4.78, 5) is 5.93. The van der Waals surface area contributed by atoms with Gasteiger partial charge in [0.1, 0.15) is 0 Å². The third-order valence-electron chi connectivity index (χ3n) is 1.92. The lowest BCUT2D eigenvalue weighted by Gasteiger charge is -1.99. The number of benzene rings is 1. The fourth-order valence-electron chi connectivity index (χ4n) is 1.26. The molecule has 0 radical (unpaired) electrons. The Kier molecular flexibility index (Phi) is 2.96. The zero-order chi connectivity index (χ0) is 9.10. The van der Waals surface area contributed by atoms with Gasteiger partial charge in [-0.25, -0.2) is 4.99 Å². The maximum absolute atomic E-state index is 4.62. The molecule has 1 heterocycles. The van der Waals surface area contributed by atoms with Crippen molar-refractivity contribution < 1.29 is 0 Å². The topological polar surface area (TPSA) is 12.4 Å². The third-order valence-corrected chi connectivity index (χ3v) is 3.75. The third kappa shape index (κ3) is 2.09. The number of rotatable bonds is 0. The highest BCUT2D eigenvalue weighted by molar-refractivity contribution is 8.13. The predicted octanol–water partition coefficient (Wildman–Crippen LogP) is 3.58. The van der Waals surface area contributed by atoms with Crippen LogP contribution in [-0.4, -0.2) is 17.1 Å². The molecule has 3 heteroatoms. The Balaban J connectivity index is 2.40. The minimum atomic E-state index is 1.10. The molecule has 1 aliphatic heterocycles. The highest BCUT2D eigenvalue weighted by Crippen LogP contribution is 2.33. The lowest BCUT2D eigenvalue weighted by Crippen LogP contribution is -1.90. The van der Waals surface area contributed by atoms with Crippen molar-refractivity contribution in [2.45, 2.75) is 11.3 Å². The molecule has 13 heavy (non-hydrogen) atoms. The first kappa shape index (κ1) is 9.16. The number of fused-ring (bicyclic) bond motifs is 1. The second-order valence-electron chi connectivity index (χ2n) is 2.78. The molecule has 0 aliphatic carbocycles. The van der Waals surface area contributed by atoms with Crippen LogP contribution in [0.1, 0.15) is 6.42 Å². The summed E-state index contributed by atoms with van der Waals surface area (Å²) >= 11 is 3.66. The molecule has 1 aliphatic rings. The summed E-state index contributed by atoms with van der Waals surface area (Å²) in [7, 11) is 0. The summed E-state index contributed by atoms with van der Waals surface area (Å²) in [5, 5.41) is 1.25. The Bertz CT molecular complexity index is 333. The van der Waals surface area contributed by atoms with E-state index in [2.05, 4.69) is 29.4 Å². The average Bonchev–Trinajstić information content (AvgIpc) is 2.38. The summed E-state index contributed by atoms with van der Waals surface area (Å²) in [6.45, 7) is 0. The first-order valence-electron chi connectivity index (χ1n) is 4.23. The monoisotopic (exact) mass is 209 g/mol. The van der Waals surface area contributed by atoms with Crippen LogP contribution in [0.5, 0.6) is 0 Å². The normalized spacial score (nSPS) is 15.9. The van der Waals surface area contributed by atoms with Gasteiger partial charge in [0.05, 0.1) is 10.7 Å². The molecule has 1 aromatic rings. The van der Waals surface area contributed by atoms with Crippen LogP contribution >= 0.6 is 23.5 Å². The van der Waals surface area contributed by atoms with Crippen molar-refractivity contribution in [1.82, 2.24) is 0 Å². The van der Waals surface area contributed by atoms with Gasteiger partial charge in [-0.15, -0.1) is 23.5 Å². The molecule has 68 valence electrons. The van der Waals surface area contributed by atoms with Gasteiger partial charge >= 0.3 is 0 Å². The zero-order valence-electron chi connectivity index (χ0n) is 7.49. The molecule has 0 unspecified atom stereocenters. The smallest absolute Gasteiger partial charge is 0.0775 e. The van der Waals surface area contributed by atoms with E-state index in [0.29, 0.717) is 0 Å². The van der Waals surface area contributed by atoms with Crippen LogP contribution in [0.3, 0.4) is 0 Å². The highest BCUT2D eigenvalue weighted by Gasteiger charge is 2.08. The molecule has 1 nitrogen and oxygen atoms in total. The first-order valence-corrected chi connectivity index (χ1v) is 6.44. The Hall–Kier alpha value is -0.410. The van der Waals surface area contributed by atoms with Crippen LogP contribution in [0.25, 0.3) is 0 Å². The Morgan fingerprint density at radius 1 is 1.38 bits per heavy atom. The number of aliphatic imine (C=N–C) groups is 1. The fraction of sp³-hybridized carbons (Fsp3) is 0.300. The minimum absolute atomic E-state index is 1.10. The van der Waals surface area contributed by atoms with Gasteiger partial charge in [-0.1, -0.05) is 12.1 Å². The van der Waals surface area contributed by atoms with E-state index in [9.17, 15) is 0 Å². The standard InChI is InChI=1S/C10H11NS2/c1-12-10-6-7-13-9-5-3-2-4-8(9)11-10/h2-5H,6-7H2,1H3. The summed E-state index contributed by atoms with van der Waals surface area (Å²) in [6, 6.07) is 8.36. The van der Waals surface area contributed by atoms with Crippen LogP contribution in [0.15, 0.2) is 34.2 Å². The van der Waals surface area contributed by atoms with E-state index >= 15 is 0 Å². The molecule has 1 aromatic carbocycles. The van der Waals surface area contributed by atoms with Crippen molar-refractivity contribution in [2.75, 3.05) is 12.0 Å². The highest BCUT2D eigenvalue weighted by atomic mass is 32.2. The molecule has 0 N–H and O–H groups in total. The van der Waals surface area contributed by atoms with E-state index in [1.165, 1.54) is 9.94 Å². The zero-order valence-corrected chi connectivity index (χ0v) is 9.12. The number of hydrogen-bond donors (Lipinski definition) is 0. The molecule has 0 amide bonds. The van der Waals surface area contributed by atoms with Crippen LogP contribution < -0.4 is 0 Å². The summed E-state index contributed by atoms with van der Waals surface area (Å²) in [6.07, 6.45) is 3.19. The number of para-hydroxylation sites is 1. The predicted molar refractivity (Wildman–Crippen MR) is 62.4 cm³/mol. The molecule has 0 spiro atoms. The van der Waals surface area contributed by atoms with Crippen molar-refractivity contribution in [3.63, 3.8) is 0 Å². The van der Waals surface area contributed by atoms with E-state index < -0.39 is 0 Å². The van der Waals surface area contributed by atoms with Gasteiger partial charge in [-0.3, -0.25) is 0 Å². The molecule has 0 bridgehead atoms. The van der Waals surface area contributed by atoms with Crippen molar-refractivity contribution in [3.8, 4) is 0 Å². The summed E-state index contributed by atoms with van der Waals surface area (Å²) < 4.78 is 0. The first-order chi connectivity index (χ1) is 6.40. The lowest BCUT2D eigenvalue weighted by atomic mass is 10.3. The van der Waals surface area contributed by atoms with Crippen LogP contribution in [0, 0.1) is 0 Å². The van der Waals surface area contributed by atoms with Gasteiger partial charge in [-0.2, -0.15) is 0 Å². The minimum Gasteiger partial charge on any atom is -0.245 e. The van der Waals surface area contributed by atoms with Crippen molar-refractivity contribution >= 4 is 34.3 Å². The fourth-order valence-corrected chi connectivity index (χ4v) is 2.83. The van der Waals surface area contributed by atoms with Gasteiger partial charge in [0.25, 0.3) is 0 Å². The summed E-state index contributed by atoms with van der Waals surface area (Å²) in [5.41, 5.74) is 1.13. The van der Waals surface area contributed by atoms with Crippen molar-refractivity contribution in [3.05, 3.63) is 24.3 Å². The molecule has 0 saturated carbocycles. The number of thioether (sulfide) groups is 2. The number of hydrogen-bond acceptors (Lipinski definition) is 3. The average molecular weight is 209 g/mol. The Morgan fingerprint density at radius 3 is 3.08 bits per heavy atom. The largest absolute Gasteiger partial charge is 0.245 e. The molecule has 2 rings (SSSR count). The van der Waals surface area contributed by atoms with Gasteiger partial charge in [-0.05, 0) is 18.4 Å². The van der Waals surface area contributed by atoms with Crippen LogP contribution in [-0.2, 0) is 0 Å².